The minimum atomic E-state index is -0.540. The lowest BCUT2D eigenvalue weighted by Crippen LogP contribution is -2.59. The fourth-order valence-corrected chi connectivity index (χ4v) is 5.64. The highest BCUT2D eigenvalue weighted by atomic mass is 16.5. The second-order valence-electron chi connectivity index (χ2n) is 11.0. The van der Waals surface area contributed by atoms with Crippen LogP contribution >= 0.6 is 0 Å². The maximum Gasteiger partial charge on any atom is 0.333 e. The molecule has 7 nitrogen and oxygen atoms in total. The fraction of sp³-hybridized carbons (Fsp3) is 0.821. The van der Waals surface area contributed by atoms with Gasteiger partial charge in [0.1, 0.15) is 6.04 Å². The highest BCUT2D eigenvalue weighted by Gasteiger charge is 2.38. The van der Waals surface area contributed by atoms with E-state index in [1.54, 1.807) is 25.8 Å². The highest BCUT2D eigenvalue weighted by molar-refractivity contribution is 5.91. The van der Waals surface area contributed by atoms with Gasteiger partial charge in [0.25, 0.3) is 0 Å². The van der Waals surface area contributed by atoms with Gasteiger partial charge in [-0.3, -0.25) is 14.5 Å². The standard InChI is InChI=1S/C28H49N3O4/c1-8-35-28(34)21(6)18-24(19(2)3)30(7)27(33)25(22-14-10-9-11-15-22)29-26(32)23-16-12-13-17-31(23)20(4)5/h18-20,22-25H,8-17H2,1-7H3,(H,29,32)/t23?,24-,25?/m1/s1. The molecule has 0 spiro atoms. The lowest BCUT2D eigenvalue weighted by molar-refractivity contribution is -0.141. The maximum absolute atomic E-state index is 14.0. The Morgan fingerprint density at radius 1 is 1.03 bits per heavy atom. The van der Waals surface area contributed by atoms with E-state index in [1.165, 1.54) is 6.42 Å². The van der Waals surface area contributed by atoms with Crippen molar-refractivity contribution in [3.05, 3.63) is 11.6 Å². The molecule has 1 N–H and O–H groups in total. The molecule has 1 aliphatic carbocycles. The van der Waals surface area contributed by atoms with Crippen LogP contribution in [-0.2, 0) is 19.1 Å². The molecular formula is C28H49N3O4. The van der Waals surface area contributed by atoms with E-state index in [4.69, 9.17) is 4.74 Å². The Balaban J connectivity index is 2.28. The second-order valence-corrected chi connectivity index (χ2v) is 11.0. The van der Waals surface area contributed by atoms with Crippen LogP contribution in [0.3, 0.4) is 0 Å². The molecular weight excluding hydrogens is 442 g/mol. The van der Waals surface area contributed by atoms with Crippen molar-refractivity contribution in [2.75, 3.05) is 20.2 Å². The monoisotopic (exact) mass is 491 g/mol. The Morgan fingerprint density at radius 2 is 1.66 bits per heavy atom. The summed E-state index contributed by atoms with van der Waals surface area (Å²) in [7, 11) is 1.80. The van der Waals surface area contributed by atoms with Crippen molar-refractivity contribution < 1.29 is 19.1 Å². The first-order chi connectivity index (χ1) is 16.6. The first-order valence-corrected chi connectivity index (χ1v) is 13.8. The molecule has 1 saturated heterocycles. The zero-order chi connectivity index (χ0) is 26.1. The molecule has 200 valence electrons. The molecule has 0 radical (unpaired) electrons. The van der Waals surface area contributed by atoms with Crippen molar-refractivity contribution in [3.8, 4) is 0 Å². The Kier molecular flexibility index (Phi) is 11.7. The van der Waals surface area contributed by atoms with Gasteiger partial charge in [-0.1, -0.05) is 45.6 Å². The van der Waals surface area contributed by atoms with Crippen molar-refractivity contribution in [1.82, 2.24) is 15.1 Å². The molecule has 0 bridgehead atoms. The predicted octanol–water partition coefficient (Wildman–Crippen LogP) is 4.31. The second kappa shape index (κ2) is 14.0. The van der Waals surface area contributed by atoms with Crippen LogP contribution in [0.2, 0.25) is 0 Å². The summed E-state index contributed by atoms with van der Waals surface area (Å²) in [6.07, 6.45) is 10.1. The minimum Gasteiger partial charge on any atom is -0.463 e. The Hall–Kier alpha value is -1.89. The van der Waals surface area contributed by atoms with Gasteiger partial charge >= 0.3 is 5.97 Å². The van der Waals surface area contributed by atoms with Gasteiger partial charge in [-0.25, -0.2) is 4.79 Å². The van der Waals surface area contributed by atoms with Gasteiger partial charge in [0, 0.05) is 18.7 Å². The van der Waals surface area contributed by atoms with E-state index < -0.39 is 6.04 Å². The summed E-state index contributed by atoms with van der Waals surface area (Å²) in [5, 5.41) is 3.23. The Bertz CT molecular complexity index is 742. The van der Waals surface area contributed by atoms with E-state index >= 15 is 0 Å². The van der Waals surface area contributed by atoms with E-state index in [1.807, 2.05) is 19.9 Å². The van der Waals surface area contributed by atoms with Crippen LogP contribution < -0.4 is 5.32 Å². The van der Waals surface area contributed by atoms with Crippen molar-refractivity contribution in [3.63, 3.8) is 0 Å². The summed E-state index contributed by atoms with van der Waals surface area (Å²) in [5.41, 5.74) is 0.498. The number of likely N-dealkylation sites (tertiary alicyclic amines) is 1. The third-order valence-electron chi connectivity index (χ3n) is 7.69. The van der Waals surface area contributed by atoms with Gasteiger partial charge in [0.05, 0.1) is 18.7 Å². The normalized spacial score (nSPS) is 22.1. The molecule has 7 heteroatoms. The predicted molar refractivity (Wildman–Crippen MR) is 140 cm³/mol. The number of carbonyl (C=O) groups excluding carboxylic acids is 3. The largest absolute Gasteiger partial charge is 0.463 e. The number of amides is 2. The number of nitrogens with zero attached hydrogens (tertiary/aromatic N) is 2. The van der Waals surface area contributed by atoms with E-state index in [-0.39, 0.29) is 41.7 Å². The van der Waals surface area contributed by atoms with Crippen LogP contribution in [0, 0.1) is 11.8 Å². The maximum atomic E-state index is 14.0. The molecule has 3 atom stereocenters. The van der Waals surface area contributed by atoms with Crippen molar-refractivity contribution in [1.29, 1.82) is 0 Å². The van der Waals surface area contributed by atoms with Crippen LogP contribution in [0.1, 0.15) is 92.9 Å². The molecule has 1 aliphatic heterocycles. The van der Waals surface area contributed by atoms with Crippen molar-refractivity contribution in [2.24, 2.45) is 11.8 Å². The quantitative estimate of drug-likeness (QED) is 0.364. The zero-order valence-electron chi connectivity index (χ0n) is 23.1. The molecule has 0 aromatic rings. The minimum absolute atomic E-state index is 0.0185. The highest BCUT2D eigenvalue weighted by Crippen LogP contribution is 2.29. The molecule has 2 unspecified atom stereocenters. The van der Waals surface area contributed by atoms with E-state index in [0.29, 0.717) is 18.2 Å². The van der Waals surface area contributed by atoms with Crippen molar-refractivity contribution in [2.45, 2.75) is 117 Å². The topological polar surface area (TPSA) is 79.0 Å². The number of nitrogens with one attached hydrogen (secondary N) is 1. The lowest BCUT2D eigenvalue weighted by atomic mass is 9.82. The van der Waals surface area contributed by atoms with E-state index in [9.17, 15) is 14.4 Å². The van der Waals surface area contributed by atoms with Gasteiger partial charge in [-0.2, -0.15) is 0 Å². The van der Waals surface area contributed by atoms with E-state index in [2.05, 4.69) is 24.1 Å². The van der Waals surface area contributed by atoms with Crippen LogP contribution in [0.25, 0.3) is 0 Å². The number of carbonyl (C=O) groups is 3. The smallest absolute Gasteiger partial charge is 0.333 e. The summed E-state index contributed by atoms with van der Waals surface area (Å²) >= 11 is 0. The Morgan fingerprint density at radius 3 is 2.23 bits per heavy atom. The third kappa shape index (κ3) is 8.06. The molecule has 0 aromatic carbocycles. The number of esters is 1. The fourth-order valence-electron chi connectivity index (χ4n) is 5.64. The number of rotatable bonds is 10. The average molecular weight is 492 g/mol. The van der Waals surface area contributed by atoms with Gasteiger partial charge in [-0.05, 0) is 71.8 Å². The molecule has 2 aliphatic rings. The number of piperidine rings is 1. The van der Waals surface area contributed by atoms with E-state index in [0.717, 1.165) is 51.5 Å². The first-order valence-electron chi connectivity index (χ1n) is 13.8. The zero-order valence-corrected chi connectivity index (χ0v) is 23.1. The van der Waals surface area contributed by atoms with Crippen LogP contribution in [-0.4, -0.2) is 72.0 Å². The van der Waals surface area contributed by atoms with Gasteiger partial charge in [0.2, 0.25) is 11.8 Å². The van der Waals surface area contributed by atoms with Gasteiger partial charge in [0.15, 0.2) is 0 Å². The average Bonchev–Trinajstić information content (AvgIpc) is 2.85. The number of hydrogen-bond donors (Lipinski definition) is 1. The van der Waals surface area contributed by atoms with Gasteiger partial charge in [-0.15, -0.1) is 0 Å². The van der Waals surface area contributed by atoms with Crippen LogP contribution in [0.5, 0.6) is 0 Å². The molecule has 35 heavy (non-hydrogen) atoms. The summed E-state index contributed by atoms with van der Waals surface area (Å²) in [5.74, 6) is -0.200. The number of hydrogen-bond acceptors (Lipinski definition) is 5. The molecule has 2 fully saturated rings. The van der Waals surface area contributed by atoms with Crippen molar-refractivity contribution >= 4 is 17.8 Å². The molecule has 2 rings (SSSR count). The molecule has 1 heterocycles. The lowest BCUT2D eigenvalue weighted by Gasteiger charge is -2.40. The number of ether oxygens (including phenoxy) is 1. The van der Waals surface area contributed by atoms with Crippen LogP contribution in [0.15, 0.2) is 11.6 Å². The summed E-state index contributed by atoms with van der Waals surface area (Å²) in [6.45, 7) is 13.1. The Labute approximate surface area is 213 Å². The summed E-state index contributed by atoms with van der Waals surface area (Å²) < 4.78 is 5.14. The molecule has 2 amide bonds. The van der Waals surface area contributed by atoms with Crippen LogP contribution in [0.4, 0.5) is 0 Å². The SMILES string of the molecule is CCOC(=O)C(C)=C[C@H](C(C)C)N(C)C(=O)C(NC(=O)C1CCCCN1C(C)C)C1CCCCC1. The summed E-state index contributed by atoms with van der Waals surface area (Å²) in [4.78, 5) is 43.7. The molecule has 1 saturated carbocycles. The first kappa shape index (κ1) is 29.3. The molecule has 0 aromatic heterocycles. The number of likely N-dealkylation sites (N-methyl/N-ethyl adjacent to an activating group) is 1. The van der Waals surface area contributed by atoms with Gasteiger partial charge < -0.3 is 15.0 Å². The summed E-state index contributed by atoms with van der Waals surface area (Å²) in [6, 6.07) is -0.698. The third-order valence-corrected chi connectivity index (χ3v) is 7.69.